The van der Waals surface area contributed by atoms with Crippen molar-refractivity contribution in [1.82, 2.24) is 9.88 Å². The Balaban J connectivity index is 2.11. The van der Waals surface area contributed by atoms with Crippen molar-refractivity contribution in [2.24, 2.45) is 0 Å². The summed E-state index contributed by atoms with van der Waals surface area (Å²) in [6.07, 6.45) is 4.61. The van der Waals surface area contributed by atoms with Crippen LogP contribution in [-0.4, -0.2) is 52.2 Å². The number of carboxylic acid groups (broad SMARTS) is 1. The second-order valence-corrected chi connectivity index (χ2v) is 5.44. The van der Waals surface area contributed by atoms with E-state index in [0.717, 1.165) is 12.8 Å². The molecule has 1 N–H and O–H groups in total. The number of hydrogen-bond acceptors (Lipinski definition) is 4. The Bertz CT molecular complexity index is 530. The molecular weight excluding hydrogens is 272 g/mol. The van der Waals surface area contributed by atoms with E-state index in [4.69, 9.17) is 9.84 Å². The molecule has 114 valence electrons. The highest BCUT2D eigenvalue weighted by atomic mass is 16.5. The summed E-state index contributed by atoms with van der Waals surface area (Å²) in [6.45, 7) is 5.10. The molecule has 21 heavy (non-hydrogen) atoms. The quantitative estimate of drug-likeness (QED) is 0.895. The molecule has 1 fully saturated rings. The first-order valence-corrected chi connectivity index (χ1v) is 7.10. The van der Waals surface area contributed by atoms with Gasteiger partial charge in [0.2, 0.25) is 0 Å². The lowest BCUT2D eigenvalue weighted by Crippen LogP contribution is -2.39. The molecule has 6 heteroatoms. The van der Waals surface area contributed by atoms with Gasteiger partial charge in [-0.25, -0.2) is 4.79 Å². The molecule has 0 aliphatic carbocycles. The monoisotopic (exact) mass is 292 g/mol. The van der Waals surface area contributed by atoms with Gasteiger partial charge in [-0.3, -0.25) is 9.78 Å². The number of nitrogens with zero attached hydrogens (tertiary/aromatic N) is 2. The van der Waals surface area contributed by atoms with Crippen LogP contribution in [0.5, 0.6) is 0 Å². The number of carbonyl (C=O) groups is 2. The molecular formula is C15H20N2O4. The summed E-state index contributed by atoms with van der Waals surface area (Å²) in [5, 5.41) is 8.97. The van der Waals surface area contributed by atoms with Gasteiger partial charge in [0, 0.05) is 18.9 Å². The van der Waals surface area contributed by atoms with E-state index < -0.39 is 5.97 Å². The highest BCUT2D eigenvalue weighted by Crippen LogP contribution is 2.21. The van der Waals surface area contributed by atoms with Crippen LogP contribution in [0.15, 0.2) is 18.5 Å². The average molecular weight is 292 g/mol. The highest BCUT2D eigenvalue weighted by molar-refractivity contribution is 5.97. The van der Waals surface area contributed by atoms with Gasteiger partial charge in [0.1, 0.15) is 0 Å². The first kappa shape index (κ1) is 15.4. The average Bonchev–Trinajstić information content (AvgIpc) is 2.92. The molecule has 1 aromatic rings. The van der Waals surface area contributed by atoms with Gasteiger partial charge in [-0.15, -0.1) is 0 Å². The van der Waals surface area contributed by atoms with Crippen LogP contribution < -0.4 is 0 Å². The Hall–Kier alpha value is -1.95. The maximum absolute atomic E-state index is 12.5. The van der Waals surface area contributed by atoms with E-state index in [1.165, 1.54) is 18.5 Å². The number of hydrogen-bond donors (Lipinski definition) is 1. The number of ether oxygens (including phenoxy) is 1. The molecule has 0 unspecified atom stereocenters. The fraction of sp³-hybridized carbons (Fsp3) is 0.533. The first-order chi connectivity index (χ1) is 9.99. The molecule has 0 bridgehead atoms. The lowest BCUT2D eigenvalue weighted by molar-refractivity contribution is 0.0325. The van der Waals surface area contributed by atoms with Crippen LogP contribution in [-0.2, 0) is 4.74 Å². The van der Waals surface area contributed by atoms with E-state index in [-0.39, 0.29) is 23.6 Å². The number of aromatic nitrogens is 1. The molecule has 1 aliphatic rings. The predicted molar refractivity (Wildman–Crippen MR) is 76.3 cm³/mol. The largest absolute Gasteiger partial charge is 0.478 e. The second-order valence-electron chi connectivity index (χ2n) is 5.44. The van der Waals surface area contributed by atoms with E-state index in [9.17, 15) is 9.59 Å². The normalized spacial score (nSPS) is 18.2. The van der Waals surface area contributed by atoms with Crippen molar-refractivity contribution in [2.45, 2.75) is 38.8 Å². The molecule has 1 atom stereocenters. The minimum absolute atomic E-state index is 0.0232. The van der Waals surface area contributed by atoms with Gasteiger partial charge in [0.05, 0.1) is 29.9 Å². The molecule has 0 radical (unpaired) electrons. The third-order valence-electron chi connectivity index (χ3n) is 3.49. The number of likely N-dealkylation sites (tertiary alicyclic amines) is 1. The van der Waals surface area contributed by atoms with E-state index >= 15 is 0 Å². The minimum atomic E-state index is -1.08. The van der Waals surface area contributed by atoms with E-state index in [1.54, 1.807) is 4.90 Å². The van der Waals surface area contributed by atoms with E-state index in [2.05, 4.69) is 4.98 Å². The van der Waals surface area contributed by atoms with Gasteiger partial charge in [-0.1, -0.05) is 0 Å². The standard InChI is InChI=1S/C15H20N2O4/c1-10(2)21-9-13-4-3-5-17(13)14(18)11-6-12(15(19)20)8-16-7-11/h6-8,10,13H,3-5,9H2,1-2H3,(H,19,20)/t13-/m1/s1. The van der Waals surface area contributed by atoms with Gasteiger partial charge < -0.3 is 14.7 Å². The molecule has 6 nitrogen and oxygen atoms in total. The molecule has 0 saturated carbocycles. The second kappa shape index (κ2) is 6.67. The Labute approximate surface area is 123 Å². The van der Waals surface area contributed by atoms with Crippen LogP contribution >= 0.6 is 0 Å². The third kappa shape index (κ3) is 3.78. The smallest absolute Gasteiger partial charge is 0.337 e. The van der Waals surface area contributed by atoms with Gasteiger partial charge in [0.25, 0.3) is 5.91 Å². The summed E-state index contributed by atoms with van der Waals surface area (Å²) in [4.78, 5) is 29.1. The topological polar surface area (TPSA) is 79.7 Å². The van der Waals surface area contributed by atoms with Gasteiger partial charge >= 0.3 is 5.97 Å². The van der Waals surface area contributed by atoms with Crippen molar-refractivity contribution < 1.29 is 19.4 Å². The molecule has 1 aliphatic heterocycles. The highest BCUT2D eigenvalue weighted by Gasteiger charge is 2.30. The third-order valence-corrected chi connectivity index (χ3v) is 3.49. The predicted octanol–water partition coefficient (Wildman–Crippen LogP) is 1.81. The summed E-state index contributed by atoms with van der Waals surface area (Å²) in [7, 11) is 0. The number of carboxylic acids is 1. The Morgan fingerprint density at radius 3 is 2.81 bits per heavy atom. The molecule has 0 spiro atoms. The van der Waals surface area contributed by atoms with Crippen molar-refractivity contribution in [3.63, 3.8) is 0 Å². The zero-order valence-electron chi connectivity index (χ0n) is 12.3. The minimum Gasteiger partial charge on any atom is -0.478 e. The summed E-state index contributed by atoms with van der Waals surface area (Å²) in [5.41, 5.74) is 0.335. The number of pyridine rings is 1. The number of carbonyl (C=O) groups excluding carboxylic acids is 1. The molecule has 0 aromatic carbocycles. The lowest BCUT2D eigenvalue weighted by Gasteiger charge is -2.25. The molecule has 2 rings (SSSR count). The Morgan fingerprint density at radius 1 is 1.43 bits per heavy atom. The Morgan fingerprint density at radius 2 is 2.14 bits per heavy atom. The van der Waals surface area contributed by atoms with Gasteiger partial charge in [0.15, 0.2) is 0 Å². The summed E-state index contributed by atoms with van der Waals surface area (Å²) in [6, 6.07) is 1.42. The van der Waals surface area contributed by atoms with Gasteiger partial charge in [-0.05, 0) is 32.8 Å². The van der Waals surface area contributed by atoms with Crippen LogP contribution in [0.2, 0.25) is 0 Å². The van der Waals surface area contributed by atoms with Crippen molar-refractivity contribution >= 4 is 11.9 Å². The first-order valence-electron chi connectivity index (χ1n) is 7.10. The molecule has 1 aromatic heterocycles. The molecule has 1 saturated heterocycles. The lowest BCUT2D eigenvalue weighted by atomic mass is 10.1. The summed E-state index contributed by atoms with van der Waals surface area (Å²) < 4.78 is 5.60. The van der Waals surface area contributed by atoms with Crippen LogP contribution in [0, 0.1) is 0 Å². The zero-order valence-corrected chi connectivity index (χ0v) is 12.3. The van der Waals surface area contributed by atoms with Crippen molar-refractivity contribution in [3.05, 3.63) is 29.6 Å². The van der Waals surface area contributed by atoms with Crippen molar-refractivity contribution in [2.75, 3.05) is 13.2 Å². The summed E-state index contributed by atoms with van der Waals surface area (Å²) in [5.74, 6) is -1.27. The van der Waals surface area contributed by atoms with E-state index in [0.29, 0.717) is 18.7 Å². The van der Waals surface area contributed by atoms with Crippen LogP contribution in [0.1, 0.15) is 47.4 Å². The SMILES string of the molecule is CC(C)OC[C@H]1CCCN1C(=O)c1cncc(C(=O)O)c1. The fourth-order valence-electron chi connectivity index (χ4n) is 2.42. The number of aromatic carboxylic acids is 1. The van der Waals surface area contributed by atoms with Crippen molar-refractivity contribution in [3.8, 4) is 0 Å². The van der Waals surface area contributed by atoms with Crippen molar-refractivity contribution in [1.29, 1.82) is 0 Å². The van der Waals surface area contributed by atoms with E-state index in [1.807, 2.05) is 13.8 Å². The fourth-order valence-corrected chi connectivity index (χ4v) is 2.42. The number of amides is 1. The maximum atomic E-state index is 12.5. The maximum Gasteiger partial charge on any atom is 0.337 e. The Kier molecular flexibility index (Phi) is 4.90. The van der Waals surface area contributed by atoms with Crippen LogP contribution in [0.4, 0.5) is 0 Å². The van der Waals surface area contributed by atoms with Crippen LogP contribution in [0.3, 0.4) is 0 Å². The zero-order chi connectivity index (χ0) is 15.4. The molecule has 1 amide bonds. The molecule has 2 heterocycles. The summed E-state index contributed by atoms with van der Waals surface area (Å²) >= 11 is 0. The number of rotatable bonds is 5. The van der Waals surface area contributed by atoms with Gasteiger partial charge in [-0.2, -0.15) is 0 Å². The van der Waals surface area contributed by atoms with Crippen LogP contribution in [0.25, 0.3) is 0 Å².